The second-order valence-corrected chi connectivity index (χ2v) is 11.3. The Morgan fingerprint density at radius 3 is 2.32 bits per heavy atom. The maximum atomic E-state index is 14.8. The molecule has 9 heteroatoms. The Hall–Kier alpha value is -2.87. The van der Waals surface area contributed by atoms with Crippen molar-refractivity contribution in [1.29, 1.82) is 0 Å². The molecule has 0 aromatic heterocycles. The molecule has 2 amide bonds. The molecule has 2 heterocycles. The number of ether oxygens (including phenoxy) is 1. The van der Waals surface area contributed by atoms with Crippen LogP contribution in [0.3, 0.4) is 0 Å². The number of hydrogen-bond donors (Lipinski definition) is 0. The molecule has 200 valence electrons. The average Bonchev–Trinajstić information content (AvgIpc) is 2.84. The molecule has 2 atom stereocenters. The standard InChI is InChI=1S/C28H34ClF2N3O3/c1-18-5-6-19(29)15-25(18)32-11-13-33(14-12-32)26(35)23-17-34(27(36)37-28(2,3)4)10-9-21(23)22-8-7-20(30)16-24(22)31/h5-8,15-16,21,23H,9-14,17H2,1-4H3. The van der Waals surface area contributed by atoms with Crippen LogP contribution < -0.4 is 4.90 Å². The van der Waals surface area contributed by atoms with Crippen molar-refractivity contribution in [1.82, 2.24) is 9.80 Å². The highest BCUT2D eigenvalue weighted by molar-refractivity contribution is 6.30. The molecule has 0 bridgehead atoms. The van der Waals surface area contributed by atoms with Crippen LogP contribution in [0.15, 0.2) is 36.4 Å². The summed E-state index contributed by atoms with van der Waals surface area (Å²) in [6, 6.07) is 9.24. The van der Waals surface area contributed by atoms with E-state index in [2.05, 4.69) is 4.90 Å². The van der Waals surface area contributed by atoms with E-state index in [1.54, 1.807) is 25.7 Å². The highest BCUT2D eigenvalue weighted by Crippen LogP contribution is 2.37. The second kappa shape index (κ2) is 10.9. The second-order valence-electron chi connectivity index (χ2n) is 10.8. The number of carbonyl (C=O) groups is 2. The number of amides is 2. The van der Waals surface area contributed by atoms with Crippen LogP contribution in [-0.4, -0.2) is 66.7 Å². The minimum atomic E-state index is -0.675. The lowest BCUT2D eigenvalue weighted by molar-refractivity contribution is -0.138. The Bertz CT molecular complexity index is 1160. The molecule has 2 aliphatic heterocycles. The van der Waals surface area contributed by atoms with Gasteiger partial charge in [-0.25, -0.2) is 13.6 Å². The number of rotatable bonds is 3. The van der Waals surface area contributed by atoms with E-state index in [0.29, 0.717) is 49.7 Å². The lowest BCUT2D eigenvalue weighted by atomic mass is 9.79. The van der Waals surface area contributed by atoms with Crippen LogP contribution in [-0.2, 0) is 9.53 Å². The fourth-order valence-electron chi connectivity index (χ4n) is 5.19. The summed E-state index contributed by atoms with van der Waals surface area (Å²) in [6.07, 6.45) is -0.121. The van der Waals surface area contributed by atoms with Gasteiger partial charge in [-0.1, -0.05) is 23.7 Å². The zero-order chi connectivity index (χ0) is 26.9. The smallest absolute Gasteiger partial charge is 0.410 e. The molecule has 2 fully saturated rings. The van der Waals surface area contributed by atoms with Gasteiger partial charge in [-0.15, -0.1) is 0 Å². The van der Waals surface area contributed by atoms with Gasteiger partial charge in [0, 0.05) is 62.0 Å². The van der Waals surface area contributed by atoms with Gasteiger partial charge >= 0.3 is 6.09 Å². The summed E-state index contributed by atoms with van der Waals surface area (Å²) < 4.78 is 34.0. The molecule has 6 nitrogen and oxygen atoms in total. The predicted octanol–water partition coefficient (Wildman–Crippen LogP) is 5.62. The summed E-state index contributed by atoms with van der Waals surface area (Å²) in [4.78, 5) is 32.2. The number of aryl methyl sites for hydroxylation is 1. The number of piperidine rings is 1. The largest absolute Gasteiger partial charge is 0.444 e. The minimum Gasteiger partial charge on any atom is -0.444 e. The molecule has 2 aromatic rings. The minimum absolute atomic E-state index is 0.114. The lowest BCUT2D eigenvalue weighted by Crippen LogP contribution is -2.55. The molecule has 2 aromatic carbocycles. The maximum absolute atomic E-state index is 14.8. The first kappa shape index (κ1) is 27.2. The van der Waals surface area contributed by atoms with Gasteiger partial charge in [-0.05, 0) is 63.4 Å². The van der Waals surface area contributed by atoms with E-state index in [0.717, 1.165) is 17.3 Å². The van der Waals surface area contributed by atoms with Gasteiger partial charge < -0.3 is 19.4 Å². The Kier molecular flexibility index (Phi) is 7.97. The van der Waals surface area contributed by atoms with E-state index in [-0.39, 0.29) is 12.5 Å². The Morgan fingerprint density at radius 1 is 0.973 bits per heavy atom. The van der Waals surface area contributed by atoms with Gasteiger partial charge in [0.1, 0.15) is 17.2 Å². The van der Waals surface area contributed by atoms with Crippen molar-refractivity contribution >= 4 is 29.3 Å². The van der Waals surface area contributed by atoms with E-state index < -0.39 is 35.2 Å². The quantitative estimate of drug-likeness (QED) is 0.514. The van der Waals surface area contributed by atoms with Crippen LogP contribution in [0.5, 0.6) is 0 Å². The first-order chi connectivity index (χ1) is 17.4. The van der Waals surface area contributed by atoms with Crippen LogP contribution in [0.1, 0.15) is 44.2 Å². The van der Waals surface area contributed by atoms with Crippen molar-refractivity contribution in [2.75, 3.05) is 44.2 Å². The zero-order valence-corrected chi connectivity index (χ0v) is 22.5. The molecule has 0 N–H and O–H groups in total. The summed E-state index contributed by atoms with van der Waals surface area (Å²) >= 11 is 6.21. The van der Waals surface area contributed by atoms with E-state index in [4.69, 9.17) is 16.3 Å². The molecule has 37 heavy (non-hydrogen) atoms. The van der Waals surface area contributed by atoms with E-state index in [1.165, 1.54) is 17.0 Å². The first-order valence-electron chi connectivity index (χ1n) is 12.7. The van der Waals surface area contributed by atoms with Gasteiger partial charge in [0.2, 0.25) is 5.91 Å². The predicted molar refractivity (Wildman–Crippen MR) is 140 cm³/mol. The first-order valence-corrected chi connectivity index (χ1v) is 13.0. The number of halogens is 3. The third-order valence-corrected chi connectivity index (χ3v) is 7.28. The maximum Gasteiger partial charge on any atom is 0.410 e. The summed E-state index contributed by atoms with van der Waals surface area (Å²) in [6.45, 7) is 10.1. The molecule has 2 saturated heterocycles. The molecular weight excluding hydrogens is 500 g/mol. The summed E-state index contributed by atoms with van der Waals surface area (Å²) in [5, 5.41) is 0.660. The number of carbonyl (C=O) groups excluding carboxylic acids is 2. The highest BCUT2D eigenvalue weighted by Gasteiger charge is 2.41. The van der Waals surface area contributed by atoms with Crippen LogP contribution in [0.2, 0.25) is 5.02 Å². The summed E-state index contributed by atoms with van der Waals surface area (Å²) in [5.74, 6) is -2.61. The van der Waals surface area contributed by atoms with Gasteiger partial charge in [0.05, 0.1) is 5.92 Å². The summed E-state index contributed by atoms with van der Waals surface area (Å²) in [5.41, 5.74) is 1.78. The monoisotopic (exact) mass is 533 g/mol. The Balaban J connectivity index is 1.53. The third-order valence-electron chi connectivity index (χ3n) is 7.05. The van der Waals surface area contributed by atoms with Crippen molar-refractivity contribution in [2.45, 2.75) is 45.6 Å². The zero-order valence-electron chi connectivity index (χ0n) is 21.8. The van der Waals surface area contributed by atoms with Crippen LogP contribution in [0.25, 0.3) is 0 Å². The molecule has 2 aliphatic rings. The molecule has 0 saturated carbocycles. The third kappa shape index (κ3) is 6.35. The summed E-state index contributed by atoms with van der Waals surface area (Å²) in [7, 11) is 0. The van der Waals surface area contributed by atoms with Crippen LogP contribution >= 0.6 is 11.6 Å². The van der Waals surface area contributed by atoms with Crippen LogP contribution in [0.4, 0.5) is 19.3 Å². The Morgan fingerprint density at radius 2 is 1.68 bits per heavy atom. The molecule has 4 rings (SSSR count). The molecule has 0 aliphatic carbocycles. The number of hydrogen-bond acceptors (Lipinski definition) is 4. The van der Waals surface area contributed by atoms with Gasteiger partial charge in [0.25, 0.3) is 0 Å². The molecule has 2 unspecified atom stereocenters. The number of likely N-dealkylation sites (tertiary alicyclic amines) is 1. The van der Waals surface area contributed by atoms with Gasteiger partial charge in [0.15, 0.2) is 0 Å². The fraction of sp³-hybridized carbons (Fsp3) is 0.500. The molecule has 0 radical (unpaired) electrons. The molecule has 0 spiro atoms. The van der Waals surface area contributed by atoms with E-state index >= 15 is 0 Å². The van der Waals surface area contributed by atoms with Crippen molar-refractivity contribution in [2.24, 2.45) is 5.92 Å². The van der Waals surface area contributed by atoms with Crippen molar-refractivity contribution in [3.05, 3.63) is 64.2 Å². The number of nitrogens with zero attached hydrogens (tertiary/aromatic N) is 3. The topological polar surface area (TPSA) is 53.1 Å². The van der Waals surface area contributed by atoms with Gasteiger partial charge in [-0.3, -0.25) is 4.79 Å². The van der Waals surface area contributed by atoms with E-state index in [1.807, 2.05) is 25.1 Å². The Labute approximate surface area is 222 Å². The number of piperazine rings is 1. The van der Waals surface area contributed by atoms with E-state index in [9.17, 15) is 18.4 Å². The number of anilines is 1. The number of benzene rings is 2. The van der Waals surface area contributed by atoms with Gasteiger partial charge in [-0.2, -0.15) is 0 Å². The normalized spacial score (nSPS) is 20.7. The lowest BCUT2D eigenvalue weighted by Gasteiger charge is -2.43. The van der Waals surface area contributed by atoms with Crippen molar-refractivity contribution in [3.8, 4) is 0 Å². The van der Waals surface area contributed by atoms with Crippen molar-refractivity contribution in [3.63, 3.8) is 0 Å². The SMILES string of the molecule is Cc1ccc(Cl)cc1N1CCN(C(=O)C2CN(C(=O)OC(C)(C)C)CCC2c2ccc(F)cc2F)CC1. The van der Waals surface area contributed by atoms with Crippen molar-refractivity contribution < 1.29 is 23.1 Å². The average molecular weight is 534 g/mol. The highest BCUT2D eigenvalue weighted by atomic mass is 35.5. The van der Waals surface area contributed by atoms with Crippen LogP contribution in [0, 0.1) is 24.5 Å². The fourth-order valence-corrected chi connectivity index (χ4v) is 5.36. The molecular formula is C28H34ClF2N3O3.